The van der Waals surface area contributed by atoms with Crippen molar-refractivity contribution in [3.63, 3.8) is 0 Å². The molecule has 114 valence electrons. The average Bonchev–Trinajstić information content (AvgIpc) is 2.99. The molecule has 0 atom stereocenters. The molecule has 2 N–H and O–H groups in total. The number of aromatic nitrogens is 4. The van der Waals surface area contributed by atoms with Gasteiger partial charge in [-0.15, -0.1) is 0 Å². The molecule has 0 amide bonds. The van der Waals surface area contributed by atoms with E-state index in [1.807, 2.05) is 7.05 Å². The normalized spacial score (nSPS) is 11.7. The van der Waals surface area contributed by atoms with Crippen molar-refractivity contribution in [2.75, 3.05) is 6.54 Å². The number of carboxylic acid groups (broad SMARTS) is 1. The van der Waals surface area contributed by atoms with Crippen LogP contribution in [-0.4, -0.2) is 45.4 Å². The lowest BCUT2D eigenvalue weighted by molar-refractivity contribution is -0.137. The first kappa shape index (κ1) is 15.2. The molecule has 0 aliphatic carbocycles. The van der Waals surface area contributed by atoms with Crippen LogP contribution >= 0.6 is 0 Å². The first-order chi connectivity index (χ1) is 9.88. The number of hydrogen-bond acceptors (Lipinski definition) is 5. The van der Waals surface area contributed by atoms with Crippen LogP contribution in [0.3, 0.4) is 0 Å². The summed E-state index contributed by atoms with van der Waals surface area (Å²) in [4.78, 5) is 14.6. The fourth-order valence-electron chi connectivity index (χ4n) is 1.73. The van der Waals surface area contributed by atoms with Crippen LogP contribution in [0.4, 0.5) is 0 Å². The van der Waals surface area contributed by atoms with E-state index in [1.165, 1.54) is 6.20 Å². The highest BCUT2D eigenvalue weighted by molar-refractivity contribution is 7.89. The van der Waals surface area contributed by atoms with Crippen molar-refractivity contribution < 1.29 is 18.3 Å². The second-order valence-corrected chi connectivity index (χ2v) is 6.14. The molecule has 0 saturated carbocycles. The van der Waals surface area contributed by atoms with Crippen LogP contribution < -0.4 is 4.72 Å². The zero-order valence-electron chi connectivity index (χ0n) is 11.3. The number of aryl methyl sites for hydroxylation is 1. The van der Waals surface area contributed by atoms with Gasteiger partial charge in [0.15, 0.2) is 0 Å². The van der Waals surface area contributed by atoms with Crippen molar-refractivity contribution in [1.29, 1.82) is 0 Å². The molecule has 2 rings (SSSR count). The highest BCUT2D eigenvalue weighted by Gasteiger charge is 2.16. The second kappa shape index (κ2) is 6.06. The van der Waals surface area contributed by atoms with Crippen molar-refractivity contribution >= 4 is 16.0 Å². The third-order valence-corrected chi connectivity index (χ3v) is 4.19. The van der Waals surface area contributed by atoms with Crippen molar-refractivity contribution in [2.24, 2.45) is 7.05 Å². The SMILES string of the molecule is Cn1ccnc1CCNS(=O)(=O)c1cnn(CC(=O)O)c1. The van der Waals surface area contributed by atoms with Gasteiger partial charge in [-0.2, -0.15) is 5.10 Å². The highest BCUT2D eigenvalue weighted by atomic mass is 32.2. The third-order valence-electron chi connectivity index (χ3n) is 2.78. The molecule has 2 heterocycles. The van der Waals surface area contributed by atoms with Crippen LogP contribution in [0, 0.1) is 0 Å². The van der Waals surface area contributed by atoms with Gasteiger partial charge in [0.1, 0.15) is 17.3 Å². The molecule has 10 heteroatoms. The van der Waals surface area contributed by atoms with E-state index < -0.39 is 16.0 Å². The summed E-state index contributed by atoms with van der Waals surface area (Å²) in [7, 11) is -1.88. The van der Waals surface area contributed by atoms with Gasteiger partial charge in [-0.05, 0) is 0 Å². The van der Waals surface area contributed by atoms with Gasteiger partial charge >= 0.3 is 5.97 Å². The fourth-order valence-corrected chi connectivity index (χ4v) is 2.71. The van der Waals surface area contributed by atoms with Gasteiger partial charge in [-0.1, -0.05) is 0 Å². The van der Waals surface area contributed by atoms with E-state index in [1.54, 1.807) is 17.0 Å². The largest absolute Gasteiger partial charge is 0.480 e. The quantitative estimate of drug-likeness (QED) is 0.692. The van der Waals surface area contributed by atoms with Crippen LogP contribution in [0.2, 0.25) is 0 Å². The van der Waals surface area contributed by atoms with Crippen LogP contribution in [0.25, 0.3) is 0 Å². The van der Waals surface area contributed by atoms with Gasteiger partial charge in [-0.25, -0.2) is 18.1 Å². The number of carbonyl (C=O) groups is 1. The lowest BCUT2D eigenvalue weighted by Crippen LogP contribution is -2.26. The molecule has 0 spiro atoms. The number of sulfonamides is 1. The number of imidazole rings is 1. The summed E-state index contributed by atoms with van der Waals surface area (Å²) < 4.78 is 29.3. The van der Waals surface area contributed by atoms with E-state index >= 15 is 0 Å². The smallest absolute Gasteiger partial charge is 0.325 e. The lowest BCUT2D eigenvalue weighted by atomic mass is 10.4. The predicted molar refractivity (Wildman–Crippen MR) is 72.0 cm³/mol. The molecule has 9 nitrogen and oxygen atoms in total. The molecule has 0 aliphatic heterocycles. The number of carboxylic acids is 1. The van der Waals surface area contributed by atoms with Gasteiger partial charge in [0.2, 0.25) is 10.0 Å². The summed E-state index contributed by atoms with van der Waals surface area (Å²) in [6.45, 7) is -0.194. The maximum atomic E-state index is 12.0. The molecule has 0 saturated heterocycles. The second-order valence-electron chi connectivity index (χ2n) is 4.37. The van der Waals surface area contributed by atoms with Crippen molar-refractivity contribution in [3.05, 3.63) is 30.6 Å². The summed E-state index contributed by atoms with van der Waals surface area (Å²) in [5.41, 5.74) is 0. The maximum Gasteiger partial charge on any atom is 0.325 e. The third kappa shape index (κ3) is 3.89. The first-order valence-corrected chi connectivity index (χ1v) is 7.57. The van der Waals surface area contributed by atoms with Crippen molar-refractivity contribution in [1.82, 2.24) is 24.1 Å². The summed E-state index contributed by atoms with van der Waals surface area (Å²) in [6, 6.07) is 0. The van der Waals surface area contributed by atoms with E-state index in [2.05, 4.69) is 14.8 Å². The van der Waals surface area contributed by atoms with E-state index in [4.69, 9.17) is 5.11 Å². The average molecular weight is 313 g/mol. The summed E-state index contributed by atoms with van der Waals surface area (Å²) in [5.74, 6) is -0.330. The molecule has 0 bridgehead atoms. The van der Waals surface area contributed by atoms with Crippen LogP contribution in [0.5, 0.6) is 0 Å². The van der Waals surface area contributed by atoms with E-state index in [0.717, 1.165) is 16.7 Å². The van der Waals surface area contributed by atoms with E-state index in [9.17, 15) is 13.2 Å². The Morgan fingerprint density at radius 3 is 2.86 bits per heavy atom. The zero-order valence-corrected chi connectivity index (χ0v) is 12.1. The van der Waals surface area contributed by atoms with E-state index in [0.29, 0.717) is 6.42 Å². The Morgan fingerprint density at radius 1 is 1.48 bits per heavy atom. The molecule has 0 unspecified atom stereocenters. The number of hydrogen-bond donors (Lipinski definition) is 2. The zero-order chi connectivity index (χ0) is 15.5. The Hall–Kier alpha value is -2.20. The molecule has 0 aromatic carbocycles. The summed E-state index contributed by atoms with van der Waals surface area (Å²) in [5, 5.41) is 12.3. The molecule has 2 aromatic heterocycles. The van der Waals surface area contributed by atoms with Crippen LogP contribution in [0.1, 0.15) is 5.82 Å². The van der Waals surface area contributed by atoms with Gasteiger partial charge in [0.25, 0.3) is 0 Å². The Balaban J connectivity index is 1.96. The minimum atomic E-state index is -3.70. The van der Waals surface area contributed by atoms with Gasteiger partial charge in [0, 0.05) is 38.6 Å². The fraction of sp³-hybridized carbons (Fsp3) is 0.364. The number of nitrogens with zero attached hydrogens (tertiary/aromatic N) is 4. The number of aliphatic carboxylic acids is 1. The van der Waals surface area contributed by atoms with Crippen molar-refractivity contribution in [2.45, 2.75) is 17.9 Å². The number of nitrogens with one attached hydrogen (secondary N) is 1. The van der Waals surface area contributed by atoms with Crippen LogP contribution in [-0.2, 0) is 34.8 Å². The van der Waals surface area contributed by atoms with E-state index in [-0.39, 0.29) is 18.0 Å². The Morgan fingerprint density at radius 2 is 2.24 bits per heavy atom. The van der Waals surface area contributed by atoms with Gasteiger partial charge < -0.3 is 9.67 Å². The first-order valence-electron chi connectivity index (χ1n) is 6.08. The number of rotatable bonds is 7. The van der Waals surface area contributed by atoms with Crippen molar-refractivity contribution in [3.8, 4) is 0 Å². The minimum absolute atomic E-state index is 0.0661. The molecule has 0 aliphatic rings. The predicted octanol–water partition coefficient (Wildman–Crippen LogP) is -0.778. The Labute approximate surface area is 121 Å². The molecule has 2 aromatic rings. The molecule has 0 fully saturated rings. The van der Waals surface area contributed by atoms with Crippen LogP contribution in [0.15, 0.2) is 29.7 Å². The molecular formula is C11H15N5O4S. The molecule has 0 radical (unpaired) electrons. The van der Waals surface area contributed by atoms with Gasteiger partial charge in [0.05, 0.1) is 6.20 Å². The highest BCUT2D eigenvalue weighted by Crippen LogP contribution is 2.07. The Bertz CT molecular complexity index is 733. The molecular weight excluding hydrogens is 298 g/mol. The summed E-state index contributed by atoms with van der Waals surface area (Å²) in [6.07, 6.45) is 6.16. The summed E-state index contributed by atoms with van der Waals surface area (Å²) >= 11 is 0. The van der Waals surface area contributed by atoms with Gasteiger partial charge in [-0.3, -0.25) is 9.48 Å². The molecule has 21 heavy (non-hydrogen) atoms. The topological polar surface area (TPSA) is 119 Å². The Kier molecular flexibility index (Phi) is 4.38. The standard InChI is InChI=1S/C11H15N5O4S/c1-15-5-4-12-10(15)2-3-14-21(19,20)9-6-13-16(7-9)8-11(17)18/h4-7,14H,2-3,8H2,1H3,(H,17,18). The monoisotopic (exact) mass is 313 g/mol. The lowest BCUT2D eigenvalue weighted by Gasteiger charge is -2.04. The minimum Gasteiger partial charge on any atom is -0.480 e. The maximum absolute atomic E-state index is 12.0.